The normalized spacial score (nSPS) is 15.9. The van der Waals surface area contributed by atoms with Gasteiger partial charge in [-0.15, -0.1) is 18.2 Å². The first-order chi connectivity index (χ1) is 14.1. The number of terminal acetylenes is 1. The maximum Gasteiger partial charge on any atom is 0.260 e. The van der Waals surface area contributed by atoms with Gasteiger partial charge in [-0.25, -0.2) is 5.48 Å². The van der Waals surface area contributed by atoms with Crippen LogP contribution in [0.2, 0.25) is 0 Å². The highest BCUT2D eigenvalue weighted by molar-refractivity contribution is 8.01. The smallest absolute Gasteiger partial charge is 0.260 e. The summed E-state index contributed by atoms with van der Waals surface area (Å²) in [6, 6.07) is 14.9. The van der Waals surface area contributed by atoms with Crippen LogP contribution in [0.25, 0.3) is 0 Å². The highest BCUT2D eigenvalue weighted by Crippen LogP contribution is 2.41. The molecule has 0 bridgehead atoms. The third kappa shape index (κ3) is 5.24. The van der Waals surface area contributed by atoms with E-state index in [2.05, 4.69) is 10.8 Å². The molecule has 0 radical (unpaired) electrons. The molecule has 0 atom stereocenters. The van der Waals surface area contributed by atoms with Crippen LogP contribution in [-0.4, -0.2) is 47.5 Å². The number of carbonyl (C=O) groups excluding carboxylic acids is 1. The van der Waals surface area contributed by atoms with Gasteiger partial charge in [0.15, 0.2) is 0 Å². The number of hydroxylamine groups is 1. The quantitative estimate of drug-likeness (QED) is 0.412. The van der Waals surface area contributed by atoms with Crippen molar-refractivity contribution in [3.8, 4) is 29.6 Å². The van der Waals surface area contributed by atoms with Gasteiger partial charge in [0.25, 0.3) is 5.91 Å². The molecule has 29 heavy (non-hydrogen) atoms. The minimum absolute atomic E-state index is 0.374. The number of hydrogen-bond acceptors (Lipinski definition) is 6. The number of piperidine rings is 1. The van der Waals surface area contributed by atoms with Crippen LogP contribution in [0, 0.1) is 12.3 Å². The Morgan fingerprint density at radius 3 is 2.21 bits per heavy atom. The third-order valence-corrected chi connectivity index (χ3v) is 6.42. The number of amides is 1. The van der Waals surface area contributed by atoms with Crippen LogP contribution >= 0.6 is 11.8 Å². The van der Waals surface area contributed by atoms with E-state index in [1.54, 1.807) is 7.11 Å². The number of likely N-dealkylation sites (tertiary alicyclic amines) is 1. The first kappa shape index (κ1) is 21.1. The lowest BCUT2D eigenvalue weighted by Crippen LogP contribution is -2.51. The second-order valence-electron chi connectivity index (χ2n) is 6.77. The number of methoxy groups -OCH3 is 1. The van der Waals surface area contributed by atoms with Crippen LogP contribution in [0.3, 0.4) is 0 Å². The monoisotopic (exact) mass is 412 g/mol. The number of thioether (sulfide) groups is 1. The summed E-state index contributed by atoms with van der Waals surface area (Å²) in [5, 5.41) is 9.26. The lowest BCUT2D eigenvalue weighted by Gasteiger charge is -2.39. The molecule has 1 amide bonds. The standard InChI is InChI=1S/C22H24N2O4S/c1-3-14-24-15-12-22(13-16-24,21(25)23-26)29-20-10-8-19(9-11-20)28-18-6-4-17(27-2)5-7-18/h1,4-11,26H,12-16H2,2H3,(H,23,25). The molecule has 7 heteroatoms. The molecule has 1 aliphatic heterocycles. The van der Waals surface area contributed by atoms with E-state index >= 15 is 0 Å². The summed E-state index contributed by atoms with van der Waals surface area (Å²) in [5.41, 5.74) is 1.84. The van der Waals surface area contributed by atoms with Crippen molar-refractivity contribution in [2.75, 3.05) is 26.7 Å². The van der Waals surface area contributed by atoms with Crippen LogP contribution in [0.1, 0.15) is 12.8 Å². The molecule has 0 aliphatic carbocycles. The SMILES string of the molecule is C#CCN1CCC(Sc2ccc(Oc3ccc(OC)cc3)cc2)(C(=O)NO)CC1. The van der Waals surface area contributed by atoms with E-state index in [4.69, 9.17) is 15.9 Å². The Hall–Kier alpha value is -2.66. The third-order valence-electron chi connectivity index (χ3n) is 4.93. The van der Waals surface area contributed by atoms with Crippen molar-refractivity contribution in [2.24, 2.45) is 0 Å². The molecule has 2 N–H and O–H groups in total. The first-order valence-corrected chi connectivity index (χ1v) is 10.1. The Labute approximate surface area is 175 Å². The number of rotatable bonds is 7. The van der Waals surface area contributed by atoms with Crippen LogP contribution in [0.15, 0.2) is 53.4 Å². The second-order valence-corrected chi connectivity index (χ2v) is 8.22. The van der Waals surface area contributed by atoms with Gasteiger partial charge >= 0.3 is 0 Å². The fraction of sp³-hybridized carbons (Fsp3) is 0.318. The Morgan fingerprint density at radius 1 is 1.14 bits per heavy atom. The summed E-state index contributed by atoms with van der Waals surface area (Å²) in [4.78, 5) is 15.5. The zero-order valence-corrected chi connectivity index (χ0v) is 17.1. The van der Waals surface area contributed by atoms with Gasteiger partial charge in [-0.2, -0.15) is 0 Å². The minimum Gasteiger partial charge on any atom is -0.497 e. The van der Waals surface area contributed by atoms with Crippen molar-refractivity contribution in [3.63, 3.8) is 0 Å². The maximum absolute atomic E-state index is 12.4. The molecule has 0 aromatic heterocycles. The predicted octanol–water partition coefficient (Wildman–Crippen LogP) is 3.55. The lowest BCUT2D eigenvalue weighted by molar-refractivity contribution is -0.132. The molecule has 0 spiro atoms. The molecule has 2 aromatic carbocycles. The van der Waals surface area contributed by atoms with Crippen molar-refractivity contribution >= 4 is 17.7 Å². The predicted molar refractivity (Wildman–Crippen MR) is 113 cm³/mol. The van der Waals surface area contributed by atoms with Crippen molar-refractivity contribution in [3.05, 3.63) is 48.5 Å². The number of benzene rings is 2. The largest absolute Gasteiger partial charge is 0.497 e. The van der Waals surface area contributed by atoms with Crippen LogP contribution < -0.4 is 15.0 Å². The molecular formula is C22H24N2O4S. The highest BCUT2D eigenvalue weighted by atomic mass is 32.2. The molecule has 3 rings (SSSR count). The molecular weight excluding hydrogens is 388 g/mol. The van der Waals surface area contributed by atoms with Gasteiger partial charge in [-0.1, -0.05) is 5.92 Å². The van der Waals surface area contributed by atoms with E-state index in [0.717, 1.165) is 10.6 Å². The Morgan fingerprint density at radius 2 is 1.69 bits per heavy atom. The average Bonchev–Trinajstić information content (AvgIpc) is 2.76. The molecule has 2 aromatic rings. The van der Waals surface area contributed by atoms with Crippen molar-refractivity contribution < 1.29 is 19.5 Å². The van der Waals surface area contributed by atoms with Gasteiger partial charge in [0.1, 0.15) is 22.0 Å². The maximum atomic E-state index is 12.4. The van der Waals surface area contributed by atoms with Gasteiger partial charge in [-0.3, -0.25) is 14.9 Å². The van der Waals surface area contributed by atoms with Gasteiger partial charge < -0.3 is 9.47 Å². The van der Waals surface area contributed by atoms with E-state index in [1.807, 2.05) is 54.0 Å². The second kappa shape index (κ2) is 9.70. The van der Waals surface area contributed by atoms with E-state index < -0.39 is 4.75 Å². The summed E-state index contributed by atoms with van der Waals surface area (Å²) in [7, 11) is 1.62. The number of nitrogens with one attached hydrogen (secondary N) is 1. The number of nitrogens with zero attached hydrogens (tertiary/aromatic N) is 1. The van der Waals surface area contributed by atoms with E-state index in [0.29, 0.717) is 44.0 Å². The molecule has 6 nitrogen and oxygen atoms in total. The zero-order valence-electron chi connectivity index (χ0n) is 16.3. The zero-order chi connectivity index (χ0) is 20.7. The van der Waals surface area contributed by atoms with Gasteiger partial charge in [0.2, 0.25) is 0 Å². The van der Waals surface area contributed by atoms with E-state index in [-0.39, 0.29) is 5.91 Å². The van der Waals surface area contributed by atoms with Gasteiger partial charge in [-0.05, 0) is 61.4 Å². The number of hydrogen-bond donors (Lipinski definition) is 2. The van der Waals surface area contributed by atoms with Gasteiger partial charge in [0, 0.05) is 18.0 Å². The van der Waals surface area contributed by atoms with Crippen molar-refractivity contribution in [2.45, 2.75) is 22.5 Å². The van der Waals surface area contributed by atoms with E-state index in [1.165, 1.54) is 11.8 Å². The molecule has 0 unspecified atom stereocenters. The molecule has 0 saturated carbocycles. The topological polar surface area (TPSA) is 71.0 Å². The first-order valence-electron chi connectivity index (χ1n) is 9.30. The number of carbonyl (C=O) groups is 1. The minimum atomic E-state index is -0.724. The molecule has 152 valence electrons. The Bertz CT molecular complexity index is 854. The average molecular weight is 413 g/mol. The Kier molecular flexibility index (Phi) is 7.04. The summed E-state index contributed by atoms with van der Waals surface area (Å²) < 4.78 is 10.3. The molecule has 1 aliphatic rings. The number of ether oxygens (including phenoxy) is 2. The highest BCUT2D eigenvalue weighted by Gasteiger charge is 2.42. The molecule has 1 saturated heterocycles. The van der Waals surface area contributed by atoms with Crippen LogP contribution in [0.4, 0.5) is 0 Å². The van der Waals surface area contributed by atoms with Crippen molar-refractivity contribution in [1.82, 2.24) is 10.4 Å². The fourth-order valence-corrected chi connectivity index (χ4v) is 4.51. The van der Waals surface area contributed by atoms with Gasteiger partial charge in [0.05, 0.1) is 13.7 Å². The van der Waals surface area contributed by atoms with E-state index in [9.17, 15) is 10.0 Å². The summed E-state index contributed by atoms with van der Waals surface area (Å²) in [6.07, 6.45) is 6.60. The van der Waals surface area contributed by atoms with Crippen LogP contribution in [-0.2, 0) is 4.79 Å². The lowest BCUT2D eigenvalue weighted by atomic mass is 9.95. The Balaban J connectivity index is 1.67. The van der Waals surface area contributed by atoms with Crippen LogP contribution in [0.5, 0.6) is 17.2 Å². The molecule has 1 heterocycles. The summed E-state index contributed by atoms with van der Waals surface area (Å²) >= 11 is 1.46. The van der Waals surface area contributed by atoms with Crippen molar-refractivity contribution in [1.29, 1.82) is 0 Å². The summed E-state index contributed by atoms with van der Waals surface area (Å²) in [5.74, 6) is 4.44. The summed E-state index contributed by atoms with van der Waals surface area (Å²) in [6.45, 7) is 1.99. The molecule has 1 fully saturated rings. The fourth-order valence-electron chi connectivity index (χ4n) is 3.26.